The Balaban J connectivity index is -0.000000411. The van der Waals surface area contributed by atoms with E-state index >= 15 is 0 Å². The molecular weight excluding hydrogens is 456 g/mol. The van der Waals surface area contributed by atoms with E-state index in [9.17, 15) is 0 Å². The van der Waals surface area contributed by atoms with Crippen LogP contribution in [0.15, 0.2) is 37.2 Å². The summed E-state index contributed by atoms with van der Waals surface area (Å²) in [4.78, 5) is 23.6. The van der Waals surface area contributed by atoms with Crippen molar-refractivity contribution >= 4 is 0 Å². The topological polar surface area (TPSA) is 105 Å². The summed E-state index contributed by atoms with van der Waals surface area (Å²) in [5.74, 6) is 0. The van der Waals surface area contributed by atoms with Crippen molar-refractivity contribution in [2.75, 3.05) is 13.7 Å². The lowest BCUT2D eigenvalue weighted by Gasteiger charge is -2.05. The predicted octanol–water partition coefficient (Wildman–Crippen LogP) is 6.63. The van der Waals surface area contributed by atoms with Gasteiger partial charge >= 0.3 is 18.0 Å². The summed E-state index contributed by atoms with van der Waals surface area (Å²) < 4.78 is 15.0. The second-order valence-electron chi connectivity index (χ2n) is 6.43. The third kappa shape index (κ3) is 21.2. The Morgan fingerprint density at radius 1 is 0.583 bits per heavy atom. The molecule has 9 heteroatoms. The third-order valence-electron chi connectivity index (χ3n) is 3.07. The minimum absolute atomic E-state index is 0.137. The number of hydrogen-bond donors (Lipinski definition) is 0. The maximum atomic E-state index is 5.25. The van der Waals surface area contributed by atoms with Gasteiger partial charge in [0.1, 0.15) is 0 Å². The van der Waals surface area contributed by atoms with Gasteiger partial charge in [-0.15, -0.1) is 0 Å². The van der Waals surface area contributed by atoms with Gasteiger partial charge < -0.3 is 14.2 Å². The number of hydrogen-bond acceptors (Lipinski definition) is 9. The summed E-state index contributed by atoms with van der Waals surface area (Å²) in [7, 11) is 1.55. The third-order valence-corrected chi connectivity index (χ3v) is 3.07. The number of ether oxygens (including phenoxy) is 3. The smallest absolute Gasteiger partial charge is 0.316 e. The van der Waals surface area contributed by atoms with Gasteiger partial charge in [-0.1, -0.05) is 41.5 Å². The van der Waals surface area contributed by atoms with Gasteiger partial charge in [0.15, 0.2) is 0 Å². The van der Waals surface area contributed by atoms with Gasteiger partial charge in [-0.2, -0.15) is 0 Å². The van der Waals surface area contributed by atoms with Crippen LogP contribution in [0.3, 0.4) is 0 Å². The first kappa shape index (κ1) is 37.2. The van der Waals surface area contributed by atoms with Gasteiger partial charge in [-0.25, -0.2) is 29.9 Å². The molecule has 9 nitrogen and oxygen atoms in total. The normalized spacial score (nSPS) is 8.50. The molecule has 0 spiro atoms. The molecule has 204 valence electrons. The van der Waals surface area contributed by atoms with Crippen LogP contribution in [0.4, 0.5) is 0 Å². The Morgan fingerprint density at radius 2 is 0.889 bits per heavy atom. The van der Waals surface area contributed by atoms with E-state index < -0.39 is 0 Å². The first-order valence-electron chi connectivity index (χ1n) is 12.5. The molecule has 0 bridgehead atoms. The summed E-state index contributed by atoms with van der Waals surface area (Å²) >= 11 is 0. The van der Waals surface area contributed by atoms with Crippen LogP contribution < -0.4 is 14.2 Å². The van der Waals surface area contributed by atoms with E-state index in [-0.39, 0.29) is 6.10 Å². The van der Waals surface area contributed by atoms with Gasteiger partial charge in [0.2, 0.25) is 0 Å². The minimum atomic E-state index is 0.137. The van der Waals surface area contributed by atoms with E-state index in [4.69, 9.17) is 14.2 Å². The van der Waals surface area contributed by atoms with Crippen molar-refractivity contribution < 1.29 is 14.2 Å². The first-order chi connectivity index (χ1) is 17.3. The van der Waals surface area contributed by atoms with Crippen LogP contribution in [0.25, 0.3) is 0 Å². The molecule has 0 atom stereocenters. The Bertz CT molecular complexity index is 828. The van der Waals surface area contributed by atoms with Crippen molar-refractivity contribution in [2.24, 2.45) is 0 Å². The van der Waals surface area contributed by atoms with Crippen molar-refractivity contribution in [2.45, 2.75) is 89.2 Å². The highest BCUT2D eigenvalue weighted by molar-refractivity contribution is 5.05. The van der Waals surface area contributed by atoms with Gasteiger partial charge in [0.05, 0.1) is 19.8 Å². The summed E-state index contributed by atoms with van der Waals surface area (Å²) in [5.41, 5.74) is 3.13. The zero-order valence-electron chi connectivity index (χ0n) is 24.7. The maximum absolute atomic E-state index is 5.25. The molecule has 0 saturated heterocycles. The molecule has 3 rings (SSSR count). The molecule has 0 unspecified atom stereocenters. The molecule has 0 aliphatic carbocycles. The highest BCUT2D eigenvalue weighted by atomic mass is 16.5. The van der Waals surface area contributed by atoms with Gasteiger partial charge in [-0.05, 0) is 58.2 Å². The van der Waals surface area contributed by atoms with Gasteiger partial charge in [0.25, 0.3) is 0 Å². The quantitative estimate of drug-likeness (QED) is 0.378. The first-order valence-corrected chi connectivity index (χ1v) is 12.5. The van der Waals surface area contributed by atoms with E-state index in [0.717, 1.165) is 16.7 Å². The van der Waals surface area contributed by atoms with Gasteiger partial charge in [-0.3, -0.25) is 0 Å². The summed E-state index contributed by atoms with van der Waals surface area (Å²) in [5, 5.41) is 0. The fourth-order valence-corrected chi connectivity index (χ4v) is 1.72. The molecule has 0 N–H and O–H groups in total. The molecule has 0 aliphatic heterocycles. The SMILES string of the molecule is CC.CC.CC.CCOc1ncc(C)cn1.COc1ncc(C)cn1.Cc1cnc(OC(C)C)nc1. The fraction of sp³-hybridized carbons (Fsp3) is 0.556. The largest absolute Gasteiger partial charge is 0.467 e. The number of aromatic nitrogens is 6. The molecule has 3 heterocycles. The van der Waals surface area contributed by atoms with Crippen LogP contribution in [0, 0.1) is 20.8 Å². The van der Waals surface area contributed by atoms with Crippen LogP contribution in [0.1, 0.15) is 79.0 Å². The molecule has 36 heavy (non-hydrogen) atoms. The zero-order chi connectivity index (χ0) is 28.4. The van der Waals surface area contributed by atoms with Crippen molar-refractivity contribution in [3.63, 3.8) is 0 Å². The molecule has 3 aromatic rings. The molecule has 0 aromatic carbocycles. The Kier molecular flexibility index (Phi) is 27.1. The maximum Gasteiger partial charge on any atom is 0.316 e. The number of nitrogens with zero attached hydrogens (tertiary/aromatic N) is 6. The van der Waals surface area contributed by atoms with E-state index in [1.165, 1.54) is 0 Å². The van der Waals surface area contributed by atoms with Crippen LogP contribution in [-0.2, 0) is 0 Å². The molecule has 3 aromatic heterocycles. The van der Waals surface area contributed by atoms with E-state index in [1.54, 1.807) is 44.3 Å². The monoisotopic (exact) mass is 504 g/mol. The fourth-order valence-electron chi connectivity index (χ4n) is 1.72. The number of methoxy groups -OCH3 is 1. The summed E-state index contributed by atoms with van der Waals surface area (Å²) in [6.45, 7) is 24.2. The van der Waals surface area contributed by atoms with E-state index in [1.807, 2.05) is 83.1 Å². The highest BCUT2D eigenvalue weighted by Gasteiger charge is 1.98. The standard InChI is InChI=1S/C8H12N2O.C7H10N2O.C6H8N2O.3C2H6/c1-6(2)11-8-9-4-7(3)5-10-8;1-3-10-7-8-4-6(2)5-9-7;1-5-3-7-6(9-2)8-4-5;3*1-2/h4-6H,1-3H3;4-5H,3H2,1-2H3;3-4H,1-2H3;3*1-2H3. The summed E-state index contributed by atoms with van der Waals surface area (Å²) in [6, 6.07) is 1.32. The second kappa shape index (κ2) is 26.2. The molecule has 0 aliphatic rings. The minimum Gasteiger partial charge on any atom is -0.467 e. The molecular formula is C27H48N6O3. The average molecular weight is 505 g/mol. The summed E-state index contributed by atoms with van der Waals surface area (Å²) in [6.07, 6.45) is 10.5. The van der Waals surface area contributed by atoms with Crippen LogP contribution in [0.2, 0.25) is 0 Å². The second-order valence-corrected chi connectivity index (χ2v) is 6.43. The Morgan fingerprint density at radius 3 is 1.17 bits per heavy atom. The lowest BCUT2D eigenvalue weighted by Crippen LogP contribution is -2.08. The Labute approximate surface area is 219 Å². The molecule has 0 amide bonds. The van der Waals surface area contributed by atoms with Crippen LogP contribution >= 0.6 is 0 Å². The molecule has 0 radical (unpaired) electrons. The lowest BCUT2D eigenvalue weighted by molar-refractivity contribution is 0.222. The molecule has 0 fully saturated rings. The highest BCUT2D eigenvalue weighted by Crippen LogP contribution is 2.03. The van der Waals surface area contributed by atoms with Crippen LogP contribution in [-0.4, -0.2) is 49.7 Å². The van der Waals surface area contributed by atoms with Crippen LogP contribution in [0.5, 0.6) is 18.0 Å². The predicted molar refractivity (Wildman–Crippen MR) is 148 cm³/mol. The van der Waals surface area contributed by atoms with Crippen molar-refractivity contribution in [1.29, 1.82) is 0 Å². The van der Waals surface area contributed by atoms with Crippen molar-refractivity contribution in [3.05, 3.63) is 53.9 Å². The number of aryl methyl sites for hydroxylation is 3. The zero-order valence-corrected chi connectivity index (χ0v) is 24.7. The van der Waals surface area contributed by atoms with Crippen molar-refractivity contribution in [3.8, 4) is 18.0 Å². The molecule has 0 saturated carbocycles. The lowest BCUT2D eigenvalue weighted by atomic mass is 10.4. The van der Waals surface area contributed by atoms with E-state index in [2.05, 4.69) is 29.9 Å². The average Bonchev–Trinajstić information content (AvgIpc) is 2.91. The Hall–Kier alpha value is -3.36. The van der Waals surface area contributed by atoms with E-state index in [0.29, 0.717) is 24.6 Å². The van der Waals surface area contributed by atoms with Gasteiger partial charge in [0, 0.05) is 37.2 Å². The van der Waals surface area contributed by atoms with Crippen molar-refractivity contribution in [1.82, 2.24) is 29.9 Å². The number of rotatable bonds is 5.